The van der Waals surface area contributed by atoms with Gasteiger partial charge in [-0.05, 0) is 28.7 Å². The lowest BCUT2D eigenvalue weighted by Crippen LogP contribution is -2.03. The third-order valence-corrected chi connectivity index (χ3v) is 4.50. The Morgan fingerprint density at radius 2 is 1.68 bits per heavy atom. The fraction of sp³-hybridized carbons (Fsp3) is 0.130. The molecule has 0 heterocycles. The number of carbonyl (C=O) groups excluding carboxylic acids is 1. The first-order chi connectivity index (χ1) is 12.2. The van der Waals surface area contributed by atoms with Gasteiger partial charge in [0.25, 0.3) is 0 Å². The van der Waals surface area contributed by atoms with Crippen LogP contribution in [0, 0.1) is 11.3 Å². The number of nitrogens with zero attached hydrogens (tertiary/aromatic N) is 1. The van der Waals surface area contributed by atoms with E-state index in [-0.39, 0.29) is 5.78 Å². The minimum atomic E-state index is -0.0591. The molecular weight excluding hydrogens is 306 g/mol. The summed E-state index contributed by atoms with van der Waals surface area (Å²) in [7, 11) is 0. The maximum absolute atomic E-state index is 13.2. The van der Waals surface area contributed by atoms with Crippen molar-refractivity contribution in [1.29, 1.82) is 5.26 Å². The highest BCUT2D eigenvalue weighted by molar-refractivity contribution is 6.35. The molecule has 2 aromatic carbocycles. The van der Waals surface area contributed by atoms with Crippen molar-refractivity contribution in [2.75, 3.05) is 0 Å². The zero-order chi connectivity index (χ0) is 17.8. The fourth-order valence-electron chi connectivity index (χ4n) is 3.21. The lowest BCUT2D eigenvalue weighted by molar-refractivity contribution is -0.110. The number of hydrogen-bond donors (Lipinski definition) is 0. The molecule has 1 aliphatic rings. The smallest absolute Gasteiger partial charge is 0.191 e. The lowest BCUT2D eigenvalue weighted by Gasteiger charge is -2.13. The van der Waals surface area contributed by atoms with Crippen molar-refractivity contribution in [1.82, 2.24) is 0 Å². The van der Waals surface area contributed by atoms with Gasteiger partial charge in [-0.1, -0.05) is 74.2 Å². The molecule has 0 bridgehead atoms. The van der Waals surface area contributed by atoms with Gasteiger partial charge in [0, 0.05) is 23.1 Å². The van der Waals surface area contributed by atoms with E-state index in [2.05, 4.69) is 12.6 Å². The van der Waals surface area contributed by atoms with E-state index in [1.807, 2.05) is 67.6 Å². The molecule has 0 spiro atoms. The molecule has 2 nitrogen and oxygen atoms in total. The molecule has 0 aliphatic heterocycles. The monoisotopic (exact) mass is 325 g/mol. The van der Waals surface area contributed by atoms with Crippen molar-refractivity contribution >= 4 is 16.9 Å². The van der Waals surface area contributed by atoms with Crippen LogP contribution in [0.2, 0.25) is 0 Å². The Labute approximate surface area is 148 Å². The van der Waals surface area contributed by atoms with Gasteiger partial charge in [-0.3, -0.25) is 4.79 Å². The van der Waals surface area contributed by atoms with Crippen LogP contribution in [0.3, 0.4) is 0 Å². The highest BCUT2D eigenvalue weighted by Crippen LogP contribution is 2.40. The summed E-state index contributed by atoms with van der Waals surface area (Å²) in [5.41, 5.74) is 5.30. The van der Waals surface area contributed by atoms with Crippen molar-refractivity contribution in [3.05, 3.63) is 95.1 Å². The van der Waals surface area contributed by atoms with Crippen LogP contribution < -0.4 is 0 Å². The van der Waals surface area contributed by atoms with E-state index in [9.17, 15) is 10.1 Å². The second kappa shape index (κ2) is 7.15. The van der Waals surface area contributed by atoms with Crippen molar-refractivity contribution in [2.45, 2.75) is 19.8 Å². The van der Waals surface area contributed by atoms with E-state index in [1.165, 1.54) is 0 Å². The highest BCUT2D eigenvalue weighted by Gasteiger charge is 2.32. The molecule has 2 heteroatoms. The Hall–Kier alpha value is -3.18. The number of benzene rings is 2. The number of carbonyl (C=O) groups is 1. The van der Waals surface area contributed by atoms with Crippen LogP contribution >= 0.6 is 0 Å². The molecular formula is C23H19NO. The summed E-state index contributed by atoms with van der Waals surface area (Å²) < 4.78 is 0. The van der Waals surface area contributed by atoms with Crippen LogP contribution in [0.15, 0.2) is 84.0 Å². The second-order valence-electron chi connectivity index (χ2n) is 6.01. The molecule has 122 valence electrons. The third-order valence-electron chi connectivity index (χ3n) is 4.50. The Bertz CT molecular complexity index is 925. The molecule has 0 N–H and O–H groups in total. The van der Waals surface area contributed by atoms with Gasteiger partial charge in [-0.15, -0.1) is 0 Å². The SMILES string of the molecule is C=C(CC)/C(=C1/CC(C#N)=C(c2ccccc2)C1=O)c1ccccc1. The number of hydrogen-bond acceptors (Lipinski definition) is 2. The number of nitriles is 1. The molecule has 0 aromatic heterocycles. The third kappa shape index (κ3) is 3.09. The maximum Gasteiger partial charge on any atom is 0.191 e. The predicted molar refractivity (Wildman–Crippen MR) is 101 cm³/mol. The fourth-order valence-corrected chi connectivity index (χ4v) is 3.21. The van der Waals surface area contributed by atoms with Crippen molar-refractivity contribution in [3.63, 3.8) is 0 Å². The summed E-state index contributed by atoms with van der Waals surface area (Å²) in [6, 6.07) is 21.5. The summed E-state index contributed by atoms with van der Waals surface area (Å²) >= 11 is 0. The van der Waals surface area contributed by atoms with Crippen LogP contribution in [0.5, 0.6) is 0 Å². The number of rotatable bonds is 4. The van der Waals surface area contributed by atoms with Crippen LogP contribution in [0.25, 0.3) is 11.1 Å². The second-order valence-corrected chi connectivity index (χ2v) is 6.01. The lowest BCUT2D eigenvalue weighted by atomic mass is 9.89. The molecule has 0 fully saturated rings. The Balaban J connectivity index is 2.18. The van der Waals surface area contributed by atoms with Crippen LogP contribution in [0.4, 0.5) is 0 Å². The van der Waals surface area contributed by atoms with Gasteiger partial charge in [0.05, 0.1) is 6.07 Å². The number of allylic oxidation sites excluding steroid dienone is 5. The highest BCUT2D eigenvalue weighted by atomic mass is 16.1. The zero-order valence-corrected chi connectivity index (χ0v) is 14.3. The molecule has 0 atom stereocenters. The van der Waals surface area contributed by atoms with Gasteiger partial charge < -0.3 is 0 Å². The first kappa shape index (κ1) is 16.7. The molecule has 3 rings (SSSR count). The normalized spacial score (nSPS) is 15.9. The van der Waals surface area contributed by atoms with Gasteiger partial charge in [0.15, 0.2) is 5.78 Å². The molecule has 0 radical (unpaired) electrons. The topological polar surface area (TPSA) is 40.9 Å². The van der Waals surface area contributed by atoms with E-state index in [1.54, 1.807) is 0 Å². The molecule has 1 aliphatic carbocycles. The van der Waals surface area contributed by atoms with Crippen molar-refractivity contribution in [3.8, 4) is 6.07 Å². The maximum atomic E-state index is 13.2. The first-order valence-electron chi connectivity index (χ1n) is 8.37. The van der Waals surface area contributed by atoms with Gasteiger partial charge in [0.2, 0.25) is 0 Å². The molecule has 2 aromatic rings. The van der Waals surface area contributed by atoms with E-state index in [0.717, 1.165) is 28.7 Å². The quantitative estimate of drug-likeness (QED) is 0.710. The largest absolute Gasteiger partial charge is 0.289 e. The summed E-state index contributed by atoms with van der Waals surface area (Å²) in [4.78, 5) is 13.2. The zero-order valence-electron chi connectivity index (χ0n) is 14.3. The first-order valence-corrected chi connectivity index (χ1v) is 8.37. The standard InChI is InChI=1S/C23H19NO/c1-3-16(2)21(17-10-6-4-7-11-17)20-14-19(15-24)22(23(20)25)18-12-8-5-9-13-18/h4-13H,2-3,14H2,1H3/b21-20+. The summed E-state index contributed by atoms with van der Waals surface area (Å²) in [6.45, 7) is 6.20. The van der Waals surface area contributed by atoms with Crippen molar-refractivity contribution in [2.24, 2.45) is 0 Å². The van der Waals surface area contributed by atoms with Crippen LogP contribution in [0.1, 0.15) is 30.9 Å². The van der Waals surface area contributed by atoms with E-state index >= 15 is 0 Å². The van der Waals surface area contributed by atoms with Crippen LogP contribution in [-0.4, -0.2) is 5.78 Å². The predicted octanol–water partition coefficient (Wildman–Crippen LogP) is 5.36. The van der Waals surface area contributed by atoms with Crippen LogP contribution in [-0.2, 0) is 4.79 Å². The Morgan fingerprint density at radius 3 is 2.24 bits per heavy atom. The van der Waals surface area contributed by atoms with Gasteiger partial charge in [-0.2, -0.15) is 5.26 Å². The van der Waals surface area contributed by atoms with Gasteiger partial charge in [0.1, 0.15) is 0 Å². The van der Waals surface area contributed by atoms with E-state index < -0.39 is 0 Å². The number of ketones is 1. The molecule has 25 heavy (non-hydrogen) atoms. The Kier molecular flexibility index (Phi) is 4.77. The summed E-state index contributed by atoms with van der Waals surface area (Å²) in [6.07, 6.45) is 1.12. The average molecular weight is 325 g/mol. The minimum absolute atomic E-state index is 0.0591. The molecule has 0 saturated carbocycles. The summed E-state index contributed by atoms with van der Waals surface area (Å²) in [5, 5.41) is 9.58. The van der Waals surface area contributed by atoms with E-state index in [4.69, 9.17) is 0 Å². The molecule has 0 unspecified atom stereocenters. The number of Topliss-reactive ketones (excluding diaryl/α,β-unsaturated/α-hetero) is 1. The molecule has 0 amide bonds. The summed E-state index contributed by atoms with van der Waals surface area (Å²) in [5.74, 6) is -0.0591. The minimum Gasteiger partial charge on any atom is -0.289 e. The van der Waals surface area contributed by atoms with Gasteiger partial charge >= 0.3 is 0 Å². The van der Waals surface area contributed by atoms with Crippen molar-refractivity contribution < 1.29 is 4.79 Å². The Morgan fingerprint density at radius 1 is 1.08 bits per heavy atom. The molecule has 0 saturated heterocycles. The van der Waals surface area contributed by atoms with E-state index in [0.29, 0.717) is 23.1 Å². The van der Waals surface area contributed by atoms with Gasteiger partial charge in [-0.25, -0.2) is 0 Å². The average Bonchev–Trinajstić information content (AvgIpc) is 2.99.